The molecule has 2 aromatic rings. The van der Waals surface area contributed by atoms with Gasteiger partial charge in [0.25, 0.3) is 0 Å². The van der Waals surface area contributed by atoms with Crippen molar-refractivity contribution in [1.82, 2.24) is 4.98 Å². The molecule has 0 saturated carbocycles. The van der Waals surface area contributed by atoms with Gasteiger partial charge < -0.3 is 9.72 Å². The number of hydrogen-bond donors (Lipinski definition) is 1. The first-order chi connectivity index (χ1) is 6.86. The molecule has 1 aromatic heterocycles. The predicted molar refractivity (Wildman–Crippen MR) is 59.3 cm³/mol. The van der Waals surface area contributed by atoms with Gasteiger partial charge >= 0.3 is 0 Å². The Labute approximate surface area is 87.8 Å². The van der Waals surface area contributed by atoms with Gasteiger partial charge in [-0.2, -0.15) is 0 Å². The van der Waals surface area contributed by atoms with Crippen molar-refractivity contribution >= 4 is 22.5 Å². The number of nitrogens with one attached hydrogen (secondary N) is 1. The molecule has 0 saturated heterocycles. The number of ether oxygens (including phenoxy) is 1. The maximum Gasteiger partial charge on any atom is 0.128 e. The Kier molecular flexibility index (Phi) is 2.64. The quantitative estimate of drug-likeness (QED) is 0.773. The lowest BCUT2D eigenvalue weighted by Gasteiger charge is -2.03. The van der Waals surface area contributed by atoms with E-state index in [0.717, 1.165) is 23.1 Å². The summed E-state index contributed by atoms with van der Waals surface area (Å²) in [7, 11) is 1.69. The molecule has 0 aliphatic carbocycles. The molecule has 0 fully saturated rings. The zero-order valence-electron chi connectivity index (χ0n) is 8.01. The number of benzene rings is 1. The fourth-order valence-corrected chi connectivity index (χ4v) is 1.89. The number of aryl methyl sites for hydroxylation is 1. The third-order valence-corrected chi connectivity index (χ3v) is 2.52. The molecule has 2 rings (SSSR count). The van der Waals surface area contributed by atoms with E-state index in [9.17, 15) is 0 Å². The highest BCUT2D eigenvalue weighted by molar-refractivity contribution is 6.18. The van der Waals surface area contributed by atoms with E-state index in [1.165, 1.54) is 5.56 Å². The Balaban J connectivity index is 2.62. The second-order valence-electron chi connectivity index (χ2n) is 3.14. The molecule has 0 unspecified atom stereocenters. The van der Waals surface area contributed by atoms with Crippen molar-refractivity contribution in [3.63, 3.8) is 0 Å². The summed E-state index contributed by atoms with van der Waals surface area (Å²) in [5.74, 6) is 1.54. The van der Waals surface area contributed by atoms with Crippen LogP contribution in [0.5, 0.6) is 5.75 Å². The number of aromatic amines is 1. The summed E-state index contributed by atoms with van der Waals surface area (Å²) in [5, 5.41) is 1.15. The van der Waals surface area contributed by atoms with Crippen LogP contribution in [0, 0.1) is 0 Å². The summed E-state index contributed by atoms with van der Waals surface area (Å²) >= 11 is 5.73. The van der Waals surface area contributed by atoms with Crippen molar-refractivity contribution in [2.24, 2.45) is 0 Å². The molecule has 74 valence electrons. The Morgan fingerprint density at radius 1 is 1.43 bits per heavy atom. The molecule has 14 heavy (non-hydrogen) atoms. The van der Waals surface area contributed by atoms with Crippen LogP contribution < -0.4 is 4.74 Å². The van der Waals surface area contributed by atoms with Gasteiger partial charge in [0.05, 0.1) is 7.11 Å². The first-order valence-corrected chi connectivity index (χ1v) is 5.09. The molecular weight excluding hydrogens is 198 g/mol. The lowest BCUT2D eigenvalue weighted by Crippen LogP contribution is -1.87. The molecule has 0 aliphatic rings. The zero-order chi connectivity index (χ0) is 9.97. The number of hydrogen-bond acceptors (Lipinski definition) is 1. The van der Waals surface area contributed by atoms with Crippen molar-refractivity contribution in [1.29, 1.82) is 0 Å². The number of fused-ring (bicyclic) bond motifs is 1. The van der Waals surface area contributed by atoms with E-state index in [-0.39, 0.29) is 0 Å². The van der Waals surface area contributed by atoms with E-state index >= 15 is 0 Å². The Hall–Kier alpha value is -1.15. The smallest absolute Gasteiger partial charge is 0.128 e. The van der Waals surface area contributed by atoms with E-state index in [0.29, 0.717) is 5.88 Å². The average Bonchev–Trinajstić information content (AvgIpc) is 2.62. The predicted octanol–water partition coefficient (Wildman–Crippen LogP) is 2.96. The topological polar surface area (TPSA) is 25.0 Å². The van der Waals surface area contributed by atoms with Crippen LogP contribution in [0.25, 0.3) is 10.9 Å². The van der Waals surface area contributed by atoms with Gasteiger partial charge in [-0.1, -0.05) is 6.07 Å². The van der Waals surface area contributed by atoms with E-state index < -0.39 is 0 Å². The highest BCUT2D eigenvalue weighted by Crippen LogP contribution is 2.28. The van der Waals surface area contributed by atoms with Gasteiger partial charge in [0.15, 0.2) is 0 Å². The number of halogens is 1. The largest absolute Gasteiger partial charge is 0.496 e. The van der Waals surface area contributed by atoms with Gasteiger partial charge in [0, 0.05) is 23.0 Å². The molecule has 1 heterocycles. The van der Waals surface area contributed by atoms with Crippen LogP contribution >= 0.6 is 11.6 Å². The number of aromatic nitrogens is 1. The van der Waals surface area contributed by atoms with Gasteiger partial charge in [-0.25, -0.2) is 0 Å². The molecule has 0 amide bonds. The van der Waals surface area contributed by atoms with Crippen LogP contribution in [0.1, 0.15) is 5.56 Å². The maximum atomic E-state index is 5.73. The van der Waals surface area contributed by atoms with Crippen LogP contribution in [-0.4, -0.2) is 18.0 Å². The number of methoxy groups -OCH3 is 1. The summed E-state index contributed by atoms with van der Waals surface area (Å²) < 4.78 is 5.31. The fourth-order valence-electron chi connectivity index (χ4n) is 1.69. The second-order valence-corrected chi connectivity index (χ2v) is 3.51. The summed E-state index contributed by atoms with van der Waals surface area (Å²) in [6, 6.07) is 5.98. The van der Waals surface area contributed by atoms with E-state index in [1.54, 1.807) is 7.11 Å². The fraction of sp³-hybridized carbons (Fsp3) is 0.273. The Morgan fingerprint density at radius 2 is 2.29 bits per heavy atom. The first kappa shape index (κ1) is 9.41. The van der Waals surface area contributed by atoms with Crippen LogP contribution in [0.2, 0.25) is 0 Å². The molecule has 0 aliphatic heterocycles. The minimum Gasteiger partial charge on any atom is -0.496 e. The molecule has 0 radical (unpaired) electrons. The molecule has 0 bridgehead atoms. The number of rotatable bonds is 3. The third-order valence-electron chi connectivity index (χ3n) is 2.33. The zero-order valence-corrected chi connectivity index (χ0v) is 8.77. The van der Waals surface area contributed by atoms with E-state index in [4.69, 9.17) is 16.3 Å². The Bertz CT molecular complexity index is 436. The van der Waals surface area contributed by atoms with Crippen molar-refractivity contribution < 1.29 is 4.74 Å². The van der Waals surface area contributed by atoms with Gasteiger partial charge in [-0.3, -0.25) is 0 Å². The van der Waals surface area contributed by atoms with Crippen molar-refractivity contribution in [2.75, 3.05) is 13.0 Å². The van der Waals surface area contributed by atoms with Crippen molar-refractivity contribution in [3.05, 3.63) is 30.0 Å². The van der Waals surface area contributed by atoms with Crippen molar-refractivity contribution in [3.8, 4) is 5.75 Å². The monoisotopic (exact) mass is 209 g/mol. The molecular formula is C11H12ClNO. The van der Waals surface area contributed by atoms with Gasteiger partial charge in [0.1, 0.15) is 5.75 Å². The molecule has 2 nitrogen and oxygen atoms in total. The minimum atomic E-state index is 0.630. The van der Waals surface area contributed by atoms with Crippen LogP contribution in [0.15, 0.2) is 24.4 Å². The standard InChI is InChI=1S/C11H12ClNO/c1-14-10-4-2-3-9-11(10)8(5-6-12)7-13-9/h2-4,7,13H,5-6H2,1H3. The van der Waals surface area contributed by atoms with Crippen LogP contribution in [0.4, 0.5) is 0 Å². The SMILES string of the molecule is COc1cccc2[nH]cc(CCCl)c12. The highest BCUT2D eigenvalue weighted by Gasteiger charge is 2.07. The van der Waals surface area contributed by atoms with Crippen LogP contribution in [-0.2, 0) is 6.42 Å². The van der Waals surface area contributed by atoms with Gasteiger partial charge in [0.2, 0.25) is 0 Å². The summed E-state index contributed by atoms with van der Waals surface area (Å²) in [4.78, 5) is 3.21. The van der Waals surface area contributed by atoms with Crippen LogP contribution in [0.3, 0.4) is 0 Å². The minimum absolute atomic E-state index is 0.630. The molecule has 0 spiro atoms. The lowest BCUT2D eigenvalue weighted by atomic mass is 10.1. The highest BCUT2D eigenvalue weighted by atomic mass is 35.5. The lowest BCUT2D eigenvalue weighted by molar-refractivity contribution is 0.419. The number of H-pyrrole nitrogens is 1. The molecule has 1 N–H and O–H groups in total. The summed E-state index contributed by atoms with van der Waals surface area (Å²) in [5.41, 5.74) is 2.32. The Morgan fingerprint density at radius 3 is 3.00 bits per heavy atom. The van der Waals surface area contributed by atoms with Gasteiger partial charge in [-0.15, -0.1) is 11.6 Å². The summed E-state index contributed by atoms with van der Waals surface area (Å²) in [6.45, 7) is 0. The molecule has 1 aromatic carbocycles. The molecule has 3 heteroatoms. The first-order valence-electron chi connectivity index (χ1n) is 4.55. The third kappa shape index (κ3) is 1.46. The maximum absolute atomic E-state index is 5.73. The number of alkyl halides is 1. The van der Waals surface area contributed by atoms with E-state index in [1.807, 2.05) is 24.4 Å². The second kappa shape index (κ2) is 3.93. The van der Waals surface area contributed by atoms with Gasteiger partial charge in [-0.05, 0) is 24.1 Å². The van der Waals surface area contributed by atoms with Crippen molar-refractivity contribution in [2.45, 2.75) is 6.42 Å². The summed E-state index contributed by atoms with van der Waals surface area (Å²) in [6.07, 6.45) is 2.86. The van der Waals surface area contributed by atoms with E-state index in [2.05, 4.69) is 4.98 Å². The normalized spacial score (nSPS) is 10.7. The average molecular weight is 210 g/mol. The molecule has 0 atom stereocenters.